The molecule has 0 saturated carbocycles. The highest BCUT2D eigenvalue weighted by Gasteiger charge is 2.06. The van der Waals surface area contributed by atoms with Gasteiger partial charge in [0.1, 0.15) is 0 Å². The predicted molar refractivity (Wildman–Crippen MR) is 66.2 cm³/mol. The second-order valence-corrected chi connectivity index (χ2v) is 3.90. The summed E-state index contributed by atoms with van der Waals surface area (Å²) in [5, 5.41) is 0. The van der Waals surface area contributed by atoms with Gasteiger partial charge in [0.05, 0.1) is 17.1 Å². The van der Waals surface area contributed by atoms with E-state index in [1.54, 1.807) is 7.05 Å². The fourth-order valence-corrected chi connectivity index (χ4v) is 1.23. The van der Waals surface area contributed by atoms with Crippen LogP contribution in [-0.2, 0) is 0 Å². The molecule has 0 aliphatic rings. The van der Waals surface area contributed by atoms with Crippen LogP contribution in [0, 0.1) is 5.92 Å². The lowest BCUT2D eigenvalue weighted by molar-refractivity contribution is 0.850. The molecule has 0 aliphatic carbocycles. The molecule has 0 N–H and O–H groups in total. The topological polar surface area (TPSA) is 25.2 Å². The molecule has 0 unspecified atom stereocenters. The minimum absolute atomic E-state index is 0.423. The number of allylic oxidation sites excluding steroid dienone is 1. The average Bonchev–Trinajstić information content (AvgIpc) is 2.27. The van der Waals surface area contributed by atoms with E-state index in [0.717, 1.165) is 22.7 Å². The second-order valence-electron chi connectivity index (χ2n) is 3.90. The average molecular weight is 202 g/mol. The molecule has 0 aliphatic heterocycles. The van der Waals surface area contributed by atoms with Crippen molar-refractivity contribution in [2.24, 2.45) is 10.9 Å². The van der Waals surface area contributed by atoms with Crippen LogP contribution >= 0.6 is 0 Å². The molecule has 15 heavy (non-hydrogen) atoms. The van der Waals surface area contributed by atoms with E-state index in [1.807, 2.05) is 25.1 Å². The molecule has 1 heterocycles. The summed E-state index contributed by atoms with van der Waals surface area (Å²) in [5.41, 5.74) is 3.91. The van der Waals surface area contributed by atoms with E-state index in [1.165, 1.54) is 0 Å². The summed E-state index contributed by atoms with van der Waals surface area (Å²) < 4.78 is 0. The quantitative estimate of drug-likeness (QED) is 0.691. The van der Waals surface area contributed by atoms with Crippen LogP contribution in [0.15, 0.2) is 29.8 Å². The minimum Gasteiger partial charge on any atom is -0.291 e. The highest BCUT2D eigenvalue weighted by Crippen LogP contribution is 2.18. The molecule has 2 nitrogen and oxygen atoms in total. The maximum atomic E-state index is 4.53. The fourth-order valence-electron chi connectivity index (χ4n) is 1.23. The highest BCUT2D eigenvalue weighted by atomic mass is 14.8. The van der Waals surface area contributed by atoms with Gasteiger partial charge in [-0.05, 0) is 30.5 Å². The first-order chi connectivity index (χ1) is 7.06. The molecule has 0 saturated heterocycles. The van der Waals surface area contributed by atoms with Crippen LogP contribution in [0.5, 0.6) is 0 Å². The summed E-state index contributed by atoms with van der Waals surface area (Å²) in [4.78, 5) is 8.66. The second kappa shape index (κ2) is 4.87. The Balaban J connectivity index is 3.08. The van der Waals surface area contributed by atoms with Crippen molar-refractivity contribution < 1.29 is 0 Å². The van der Waals surface area contributed by atoms with Gasteiger partial charge in [-0.2, -0.15) is 0 Å². The Hall–Kier alpha value is -1.44. The molecule has 0 atom stereocenters. The van der Waals surface area contributed by atoms with Crippen molar-refractivity contribution in [1.29, 1.82) is 0 Å². The molecule has 1 aromatic rings. The Morgan fingerprint density at radius 1 is 1.33 bits per heavy atom. The lowest BCUT2D eigenvalue weighted by Crippen LogP contribution is -2.02. The van der Waals surface area contributed by atoms with Crippen molar-refractivity contribution in [2.45, 2.75) is 20.8 Å². The van der Waals surface area contributed by atoms with E-state index in [4.69, 9.17) is 0 Å². The lowest BCUT2D eigenvalue weighted by Gasteiger charge is -2.09. The zero-order valence-electron chi connectivity index (χ0n) is 9.91. The molecule has 1 rings (SSSR count). The van der Waals surface area contributed by atoms with E-state index in [2.05, 4.69) is 30.4 Å². The third-order valence-electron chi connectivity index (χ3n) is 2.48. The number of aromatic nitrogens is 1. The molecule has 80 valence electrons. The Bertz CT molecular complexity index is 389. The van der Waals surface area contributed by atoms with E-state index in [9.17, 15) is 0 Å². The maximum absolute atomic E-state index is 4.53. The molecule has 0 radical (unpaired) electrons. The summed E-state index contributed by atoms with van der Waals surface area (Å²) in [7, 11) is 1.78. The van der Waals surface area contributed by atoms with Crippen molar-refractivity contribution in [3.8, 4) is 0 Å². The molecule has 0 bridgehead atoms. The number of hydrogen-bond acceptors (Lipinski definition) is 2. The molecule has 0 amide bonds. The van der Waals surface area contributed by atoms with Gasteiger partial charge in [0.25, 0.3) is 0 Å². The third-order valence-corrected chi connectivity index (χ3v) is 2.48. The van der Waals surface area contributed by atoms with E-state index in [-0.39, 0.29) is 0 Å². The Kier molecular flexibility index (Phi) is 3.78. The van der Waals surface area contributed by atoms with Crippen LogP contribution in [-0.4, -0.2) is 17.7 Å². The molecule has 2 heteroatoms. The number of hydrogen-bond donors (Lipinski definition) is 0. The molecular formula is C13H18N2. The molecular weight excluding hydrogens is 184 g/mol. The molecule has 0 aromatic carbocycles. The smallest absolute Gasteiger partial charge is 0.0844 e. The van der Waals surface area contributed by atoms with Gasteiger partial charge in [0, 0.05) is 7.05 Å². The SMILES string of the molecule is C=C(c1cccc(/C(C)=N/C)n1)C(C)C. The number of pyridine rings is 1. The van der Waals surface area contributed by atoms with Gasteiger partial charge >= 0.3 is 0 Å². The Morgan fingerprint density at radius 3 is 2.47 bits per heavy atom. The predicted octanol–water partition coefficient (Wildman–Crippen LogP) is 3.19. The Labute approximate surface area is 91.8 Å². The van der Waals surface area contributed by atoms with Crippen LogP contribution < -0.4 is 0 Å². The summed E-state index contributed by atoms with van der Waals surface area (Å²) in [6.07, 6.45) is 0. The van der Waals surface area contributed by atoms with E-state index < -0.39 is 0 Å². The number of rotatable bonds is 3. The number of aliphatic imine (C=N–C) groups is 1. The van der Waals surface area contributed by atoms with Gasteiger partial charge in [0.15, 0.2) is 0 Å². The normalized spacial score (nSPS) is 11.9. The molecule has 0 fully saturated rings. The van der Waals surface area contributed by atoms with E-state index in [0.29, 0.717) is 5.92 Å². The highest BCUT2D eigenvalue weighted by molar-refractivity contribution is 5.97. The number of nitrogens with zero attached hydrogens (tertiary/aromatic N) is 2. The summed E-state index contributed by atoms with van der Waals surface area (Å²) in [5.74, 6) is 0.423. The summed E-state index contributed by atoms with van der Waals surface area (Å²) >= 11 is 0. The van der Waals surface area contributed by atoms with Crippen LogP contribution in [0.3, 0.4) is 0 Å². The van der Waals surface area contributed by atoms with Crippen molar-refractivity contribution in [3.63, 3.8) is 0 Å². The Morgan fingerprint density at radius 2 is 1.93 bits per heavy atom. The lowest BCUT2D eigenvalue weighted by atomic mass is 10.0. The van der Waals surface area contributed by atoms with Gasteiger partial charge < -0.3 is 0 Å². The van der Waals surface area contributed by atoms with Gasteiger partial charge in [-0.1, -0.05) is 26.5 Å². The first-order valence-corrected chi connectivity index (χ1v) is 5.16. The standard InChI is InChI=1S/C13H18N2/c1-9(2)10(3)12-7-6-8-13(15-12)11(4)14-5/h6-9H,3H2,1-2,4-5H3/b14-11+. The minimum atomic E-state index is 0.423. The van der Waals surface area contributed by atoms with Gasteiger partial charge in [-0.25, -0.2) is 4.98 Å². The van der Waals surface area contributed by atoms with E-state index >= 15 is 0 Å². The zero-order chi connectivity index (χ0) is 11.4. The summed E-state index contributed by atoms with van der Waals surface area (Å²) in [6.45, 7) is 10.3. The molecule has 0 spiro atoms. The van der Waals surface area contributed by atoms with Crippen LogP contribution in [0.25, 0.3) is 5.57 Å². The van der Waals surface area contributed by atoms with Crippen molar-refractivity contribution in [2.75, 3.05) is 7.05 Å². The first-order valence-electron chi connectivity index (χ1n) is 5.16. The largest absolute Gasteiger partial charge is 0.291 e. The first kappa shape index (κ1) is 11.6. The fraction of sp³-hybridized carbons (Fsp3) is 0.385. The zero-order valence-corrected chi connectivity index (χ0v) is 9.91. The van der Waals surface area contributed by atoms with Crippen molar-refractivity contribution in [1.82, 2.24) is 4.98 Å². The third kappa shape index (κ3) is 2.75. The van der Waals surface area contributed by atoms with Gasteiger partial charge in [-0.15, -0.1) is 0 Å². The van der Waals surface area contributed by atoms with Crippen molar-refractivity contribution in [3.05, 3.63) is 36.2 Å². The van der Waals surface area contributed by atoms with Gasteiger partial charge in [0.2, 0.25) is 0 Å². The monoisotopic (exact) mass is 202 g/mol. The van der Waals surface area contributed by atoms with Crippen LogP contribution in [0.1, 0.15) is 32.2 Å². The van der Waals surface area contributed by atoms with Crippen LogP contribution in [0.4, 0.5) is 0 Å². The van der Waals surface area contributed by atoms with Crippen molar-refractivity contribution >= 4 is 11.3 Å². The summed E-state index contributed by atoms with van der Waals surface area (Å²) in [6, 6.07) is 5.97. The molecule has 1 aromatic heterocycles. The maximum Gasteiger partial charge on any atom is 0.0844 e. The van der Waals surface area contributed by atoms with Gasteiger partial charge in [-0.3, -0.25) is 4.99 Å². The van der Waals surface area contributed by atoms with Crippen LogP contribution in [0.2, 0.25) is 0 Å².